The van der Waals surface area contributed by atoms with Crippen LogP contribution < -0.4 is 0 Å². The second-order valence-electron chi connectivity index (χ2n) is 4.30. The van der Waals surface area contributed by atoms with E-state index < -0.39 is 5.97 Å². The quantitative estimate of drug-likeness (QED) is 0.804. The van der Waals surface area contributed by atoms with Crippen molar-refractivity contribution in [3.05, 3.63) is 48.0 Å². The number of benzene rings is 1. The lowest BCUT2D eigenvalue weighted by Gasteiger charge is -2.01. The van der Waals surface area contributed by atoms with Crippen molar-refractivity contribution in [3.63, 3.8) is 0 Å². The third kappa shape index (κ3) is 2.12. The molecule has 2 aromatic heterocycles. The SMILES string of the molecule is O=C(O)Cn1cc(-c2ccccc2Cl)c2cncnc21. The lowest BCUT2D eigenvalue weighted by molar-refractivity contribution is -0.137. The van der Waals surface area contributed by atoms with Crippen molar-refractivity contribution in [3.8, 4) is 11.1 Å². The molecule has 0 aliphatic carbocycles. The molecule has 0 fully saturated rings. The molecule has 0 radical (unpaired) electrons. The Balaban J connectivity index is 2.26. The predicted molar refractivity (Wildman–Crippen MR) is 75.6 cm³/mol. The van der Waals surface area contributed by atoms with Crippen LogP contribution >= 0.6 is 11.6 Å². The molecule has 2 heterocycles. The molecule has 0 atom stereocenters. The van der Waals surface area contributed by atoms with Crippen molar-refractivity contribution >= 4 is 28.6 Å². The lowest BCUT2D eigenvalue weighted by Crippen LogP contribution is -2.07. The molecule has 5 nitrogen and oxygen atoms in total. The van der Waals surface area contributed by atoms with Gasteiger partial charge in [-0.1, -0.05) is 29.8 Å². The molecule has 0 unspecified atom stereocenters. The van der Waals surface area contributed by atoms with Crippen molar-refractivity contribution in [1.29, 1.82) is 0 Å². The third-order valence-electron chi connectivity index (χ3n) is 3.01. The summed E-state index contributed by atoms with van der Waals surface area (Å²) >= 11 is 6.21. The maximum atomic E-state index is 10.9. The maximum absolute atomic E-state index is 10.9. The maximum Gasteiger partial charge on any atom is 0.323 e. The molecule has 0 spiro atoms. The van der Waals surface area contributed by atoms with Crippen LogP contribution in [0.4, 0.5) is 0 Å². The van der Waals surface area contributed by atoms with Gasteiger partial charge in [-0.2, -0.15) is 0 Å². The van der Waals surface area contributed by atoms with Crippen molar-refractivity contribution in [2.75, 3.05) is 0 Å². The van der Waals surface area contributed by atoms with Crippen LogP contribution in [0.3, 0.4) is 0 Å². The van der Waals surface area contributed by atoms with Crippen molar-refractivity contribution in [2.24, 2.45) is 0 Å². The number of carboxylic acids is 1. The summed E-state index contributed by atoms with van der Waals surface area (Å²) in [5, 5.41) is 10.4. The van der Waals surface area contributed by atoms with Gasteiger partial charge >= 0.3 is 5.97 Å². The number of hydrogen-bond acceptors (Lipinski definition) is 3. The van der Waals surface area contributed by atoms with Gasteiger partial charge in [-0.05, 0) is 6.07 Å². The van der Waals surface area contributed by atoms with Crippen molar-refractivity contribution in [1.82, 2.24) is 14.5 Å². The fourth-order valence-corrected chi connectivity index (χ4v) is 2.43. The van der Waals surface area contributed by atoms with E-state index in [-0.39, 0.29) is 6.54 Å². The first-order valence-electron chi connectivity index (χ1n) is 5.92. The van der Waals surface area contributed by atoms with Crippen LogP contribution in [0, 0.1) is 0 Å². The van der Waals surface area contributed by atoms with E-state index in [1.807, 2.05) is 18.2 Å². The van der Waals surface area contributed by atoms with Crippen LogP contribution in [0.1, 0.15) is 0 Å². The van der Waals surface area contributed by atoms with Crippen molar-refractivity contribution < 1.29 is 9.90 Å². The van der Waals surface area contributed by atoms with Gasteiger partial charge < -0.3 is 9.67 Å². The number of fused-ring (bicyclic) bond motifs is 1. The number of halogens is 1. The Morgan fingerprint density at radius 3 is 2.85 bits per heavy atom. The van der Waals surface area contributed by atoms with E-state index in [4.69, 9.17) is 16.7 Å². The Labute approximate surface area is 119 Å². The number of aliphatic carboxylic acids is 1. The molecule has 3 rings (SSSR count). The zero-order valence-electron chi connectivity index (χ0n) is 10.3. The number of rotatable bonds is 3. The average Bonchev–Trinajstić information content (AvgIpc) is 2.78. The normalized spacial score (nSPS) is 10.8. The molecule has 0 saturated heterocycles. The van der Waals surface area contributed by atoms with Crippen molar-refractivity contribution in [2.45, 2.75) is 6.54 Å². The molecule has 6 heteroatoms. The Kier molecular flexibility index (Phi) is 3.12. The van der Waals surface area contributed by atoms with E-state index in [0.717, 1.165) is 16.5 Å². The van der Waals surface area contributed by atoms with E-state index >= 15 is 0 Å². The smallest absolute Gasteiger partial charge is 0.323 e. The van der Waals surface area contributed by atoms with Crippen LogP contribution in [-0.2, 0) is 11.3 Å². The highest BCUT2D eigenvalue weighted by Gasteiger charge is 2.14. The van der Waals surface area contributed by atoms with Crippen LogP contribution in [0.5, 0.6) is 0 Å². The second kappa shape index (κ2) is 4.94. The first-order chi connectivity index (χ1) is 9.66. The summed E-state index contributed by atoms with van der Waals surface area (Å²) in [5.41, 5.74) is 2.24. The number of aromatic nitrogens is 3. The minimum absolute atomic E-state index is 0.155. The zero-order chi connectivity index (χ0) is 14.1. The molecule has 3 aromatic rings. The Hall–Kier alpha value is -2.40. The fourth-order valence-electron chi connectivity index (χ4n) is 2.19. The summed E-state index contributed by atoms with van der Waals surface area (Å²) in [4.78, 5) is 19.1. The molecule has 100 valence electrons. The van der Waals surface area contributed by atoms with Crippen LogP contribution in [0.15, 0.2) is 43.0 Å². The highest BCUT2D eigenvalue weighted by molar-refractivity contribution is 6.33. The van der Waals surface area contributed by atoms with Gasteiger partial charge in [0, 0.05) is 33.9 Å². The number of carbonyl (C=O) groups is 1. The molecular formula is C14H10ClN3O2. The van der Waals surface area contributed by atoms with Gasteiger partial charge in [0.2, 0.25) is 0 Å². The van der Waals surface area contributed by atoms with Crippen LogP contribution in [-0.4, -0.2) is 25.6 Å². The molecule has 20 heavy (non-hydrogen) atoms. The Morgan fingerprint density at radius 1 is 1.30 bits per heavy atom. The van der Waals surface area contributed by atoms with E-state index in [1.54, 1.807) is 23.0 Å². The first-order valence-corrected chi connectivity index (χ1v) is 6.30. The third-order valence-corrected chi connectivity index (χ3v) is 3.34. The largest absolute Gasteiger partial charge is 0.480 e. The number of hydrogen-bond donors (Lipinski definition) is 1. The van der Waals surface area contributed by atoms with Gasteiger partial charge in [0.15, 0.2) is 0 Å². The van der Waals surface area contributed by atoms with Crippen LogP contribution in [0.2, 0.25) is 5.02 Å². The minimum Gasteiger partial charge on any atom is -0.480 e. The Bertz CT molecular complexity index is 798. The van der Waals surface area contributed by atoms with Crippen LogP contribution in [0.25, 0.3) is 22.2 Å². The van der Waals surface area contributed by atoms with E-state index in [9.17, 15) is 4.79 Å². The summed E-state index contributed by atoms with van der Waals surface area (Å²) < 4.78 is 1.58. The molecule has 0 bridgehead atoms. The van der Waals surface area contributed by atoms with E-state index in [1.165, 1.54) is 6.33 Å². The van der Waals surface area contributed by atoms with Gasteiger partial charge in [0.05, 0.1) is 0 Å². The summed E-state index contributed by atoms with van der Waals surface area (Å²) in [5.74, 6) is -0.925. The zero-order valence-corrected chi connectivity index (χ0v) is 11.1. The highest BCUT2D eigenvalue weighted by atomic mass is 35.5. The molecule has 0 aliphatic rings. The minimum atomic E-state index is -0.925. The predicted octanol–water partition coefficient (Wildman–Crippen LogP) is 2.84. The monoisotopic (exact) mass is 287 g/mol. The summed E-state index contributed by atoms with van der Waals surface area (Å²) in [6.45, 7) is -0.155. The van der Waals surface area contributed by atoms with Gasteiger partial charge in [-0.15, -0.1) is 0 Å². The number of nitrogens with zero attached hydrogens (tertiary/aromatic N) is 3. The topological polar surface area (TPSA) is 68.0 Å². The number of carboxylic acid groups (broad SMARTS) is 1. The Morgan fingerprint density at radius 2 is 2.10 bits per heavy atom. The van der Waals surface area contributed by atoms with Gasteiger partial charge in [-0.3, -0.25) is 4.79 Å². The molecular weight excluding hydrogens is 278 g/mol. The highest BCUT2D eigenvalue weighted by Crippen LogP contribution is 2.33. The lowest BCUT2D eigenvalue weighted by atomic mass is 10.1. The standard InChI is InChI=1S/C14H10ClN3O2/c15-12-4-2-1-3-9(12)11-6-18(7-13(19)20)14-10(11)5-16-8-17-14/h1-6,8H,7H2,(H,19,20). The van der Waals surface area contributed by atoms with Gasteiger partial charge in [0.1, 0.15) is 18.5 Å². The molecule has 1 N–H and O–H groups in total. The summed E-state index contributed by atoms with van der Waals surface area (Å²) in [7, 11) is 0. The van der Waals surface area contributed by atoms with Gasteiger partial charge in [-0.25, -0.2) is 9.97 Å². The molecule has 1 aromatic carbocycles. The van der Waals surface area contributed by atoms with Gasteiger partial charge in [0.25, 0.3) is 0 Å². The fraction of sp³-hybridized carbons (Fsp3) is 0.0714. The summed E-state index contributed by atoms with van der Waals surface area (Å²) in [6, 6.07) is 7.40. The summed E-state index contributed by atoms with van der Waals surface area (Å²) in [6.07, 6.45) is 4.81. The second-order valence-corrected chi connectivity index (χ2v) is 4.71. The first kappa shape index (κ1) is 12.6. The molecule has 0 saturated carbocycles. The van der Waals surface area contributed by atoms with E-state index in [2.05, 4.69) is 9.97 Å². The average molecular weight is 288 g/mol. The molecule has 0 amide bonds. The molecule has 0 aliphatic heterocycles. The van der Waals surface area contributed by atoms with E-state index in [0.29, 0.717) is 10.7 Å².